The summed E-state index contributed by atoms with van der Waals surface area (Å²) in [6.07, 6.45) is 27.7. The molecule has 1 aromatic carbocycles. The van der Waals surface area contributed by atoms with Gasteiger partial charge in [-0.2, -0.15) is 0 Å². The molecule has 8 heteroatoms. The number of unbranched alkanes of at least 4 members (excludes halogenated alkanes) is 15. The number of rotatable bonds is 26. The van der Waals surface area contributed by atoms with Gasteiger partial charge in [0.15, 0.2) is 0 Å². The van der Waals surface area contributed by atoms with Crippen molar-refractivity contribution < 1.29 is 17.1 Å². The number of carboxylic acid groups (broad SMARTS) is 1. The smallest absolute Gasteiger partial charge is 0.124 e. The second-order valence-corrected chi connectivity index (χ2v) is 16.2. The summed E-state index contributed by atoms with van der Waals surface area (Å²) < 4.78 is 1.10. The number of carbonyl (C=O) groups excluding carboxylic acids is 1. The molecular formula is C32H59NO3S4. The predicted molar refractivity (Wildman–Crippen MR) is 184 cm³/mol. The Hall–Kier alpha value is -0.150. The quantitative estimate of drug-likeness (QED) is 0.0618. The summed E-state index contributed by atoms with van der Waals surface area (Å²) in [6, 6.07) is 5.64. The molecule has 1 rings (SSSR count). The van der Waals surface area contributed by atoms with Crippen molar-refractivity contribution in [1.82, 2.24) is 0 Å². The highest BCUT2D eigenvalue weighted by atomic mass is 32.3. The van der Waals surface area contributed by atoms with Crippen LogP contribution in [-0.2, 0) is 0 Å². The van der Waals surface area contributed by atoms with Crippen LogP contribution in [0.4, 0.5) is 0 Å². The topological polar surface area (TPSA) is 60.4 Å². The average molecular weight is 634 g/mol. The molecule has 0 spiro atoms. The Morgan fingerprint density at radius 2 is 1.00 bits per heavy atom. The molecule has 0 unspecified atom stereocenters. The third-order valence-electron chi connectivity index (χ3n) is 6.59. The van der Waals surface area contributed by atoms with E-state index < -0.39 is 5.97 Å². The van der Waals surface area contributed by atoms with E-state index in [0.29, 0.717) is 0 Å². The number of nitrogens with zero attached hydrogens (tertiary/aromatic N) is 1. The molecule has 0 aliphatic rings. The van der Waals surface area contributed by atoms with Gasteiger partial charge in [-0.05, 0) is 31.4 Å². The minimum Gasteiger partial charge on any atom is -0.545 e. The highest BCUT2D eigenvalue weighted by Gasteiger charge is 2.33. The van der Waals surface area contributed by atoms with E-state index in [4.69, 9.17) is 5.11 Å². The van der Waals surface area contributed by atoms with E-state index >= 15 is 0 Å². The number of carboxylic acids is 1. The molecule has 0 amide bonds. The fourth-order valence-corrected chi connectivity index (χ4v) is 9.93. The standard InChI is InChI=1S/C25H54NS4.C7H6O3/c1-5-8-11-14-17-20-23-28-26(27-4,29-24-21-18-15-12-9-6-2)30-25-22-19-16-13-10-7-3;8-6-4-2-1-3-5(6)7(9)10/h5-25H2,1-4H3;1-4,8H,(H,9,10)/q+1;/p-1. The van der Waals surface area contributed by atoms with E-state index in [2.05, 4.69) is 74.8 Å². The maximum Gasteiger partial charge on any atom is 0.124 e. The molecule has 40 heavy (non-hydrogen) atoms. The lowest BCUT2D eigenvalue weighted by atomic mass is 10.1. The fraction of sp³-hybridized carbons (Fsp3) is 0.781. The van der Waals surface area contributed by atoms with Crippen molar-refractivity contribution in [3.63, 3.8) is 0 Å². The Morgan fingerprint density at radius 3 is 1.30 bits per heavy atom. The average Bonchev–Trinajstić information content (AvgIpc) is 2.95. The number of hydrogen-bond acceptors (Lipinski definition) is 7. The summed E-state index contributed by atoms with van der Waals surface area (Å²) in [7, 11) is 0. The molecule has 1 aromatic rings. The molecule has 4 nitrogen and oxygen atoms in total. The number of carbonyl (C=O) groups is 1. The van der Waals surface area contributed by atoms with Crippen molar-refractivity contribution in [3.05, 3.63) is 29.8 Å². The Labute approximate surface area is 265 Å². The summed E-state index contributed by atoms with van der Waals surface area (Å²) in [4.78, 5) is 10.2. The molecule has 1 N–H and O–H groups in total. The van der Waals surface area contributed by atoms with Crippen molar-refractivity contribution in [2.75, 3.05) is 23.5 Å². The van der Waals surface area contributed by atoms with Crippen LogP contribution in [0.2, 0.25) is 0 Å². The maximum absolute atomic E-state index is 10.2. The molecule has 0 radical (unpaired) electrons. The predicted octanol–water partition coefficient (Wildman–Crippen LogP) is 10.9. The van der Waals surface area contributed by atoms with E-state index in [0.717, 1.165) is 2.10 Å². The second-order valence-electron chi connectivity index (χ2n) is 10.2. The first kappa shape index (κ1) is 39.8. The van der Waals surface area contributed by atoms with Crippen LogP contribution in [0.3, 0.4) is 0 Å². The Bertz CT molecular complexity index is 663. The van der Waals surface area contributed by atoms with Crippen LogP contribution >= 0.6 is 47.8 Å². The molecule has 0 aromatic heterocycles. The largest absolute Gasteiger partial charge is 0.545 e. The van der Waals surface area contributed by atoms with E-state index in [9.17, 15) is 9.90 Å². The summed E-state index contributed by atoms with van der Waals surface area (Å²) in [5.41, 5.74) is -0.178. The zero-order chi connectivity index (χ0) is 29.7. The minimum absolute atomic E-state index is 0.178. The van der Waals surface area contributed by atoms with Crippen molar-refractivity contribution >= 4 is 53.8 Å². The van der Waals surface area contributed by atoms with Crippen LogP contribution in [0.5, 0.6) is 5.75 Å². The van der Waals surface area contributed by atoms with Gasteiger partial charge in [0.25, 0.3) is 0 Å². The number of benzene rings is 1. The molecule has 0 fully saturated rings. The van der Waals surface area contributed by atoms with Gasteiger partial charge in [-0.1, -0.05) is 131 Å². The van der Waals surface area contributed by atoms with Gasteiger partial charge in [0.1, 0.15) is 53.5 Å². The van der Waals surface area contributed by atoms with Gasteiger partial charge >= 0.3 is 0 Å². The van der Waals surface area contributed by atoms with E-state index in [1.54, 1.807) is 6.07 Å². The first-order valence-electron chi connectivity index (χ1n) is 15.8. The normalized spacial score (nSPS) is 11.3. The lowest BCUT2D eigenvalue weighted by Crippen LogP contribution is -2.22. The van der Waals surface area contributed by atoms with Crippen molar-refractivity contribution in [2.45, 2.75) is 136 Å². The molecular weight excluding hydrogens is 575 g/mol. The first-order valence-corrected chi connectivity index (χ1v) is 19.8. The fourth-order valence-electron chi connectivity index (χ4n) is 4.09. The van der Waals surface area contributed by atoms with Gasteiger partial charge < -0.3 is 15.0 Å². The van der Waals surface area contributed by atoms with Gasteiger partial charge in [-0.3, -0.25) is 0 Å². The minimum atomic E-state index is -1.36. The number of aromatic carboxylic acids is 1. The molecule has 0 saturated heterocycles. The van der Waals surface area contributed by atoms with Gasteiger partial charge in [-0.25, -0.2) is 0 Å². The zero-order valence-electron chi connectivity index (χ0n) is 26.0. The molecule has 234 valence electrons. The van der Waals surface area contributed by atoms with Gasteiger partial charge in [-0.15, -0.1) is 0 Å². The molecule has 0 saturated carbocycles. The monoisotopic (exact) mass is 633 g/mol. The number of aromatic hydroxyl groups is 1. The first-order chi connectivity index (χ1) is 19.5. The Kier molecular flexibility index (Phi) is 28.8. The molecule has 0 atom stereocenters. The van der Waals surface area contributed by atoms with Gasteiger partial charge in [0, 0.05) is 11.8 Å². The van der Waals surface area contributed by atoms with Crippen molar-refractivity contribution in [2.24, 2.45) is 0 Å². The Balaban J connectivity index is 0.00000126. The summed E-state index contributed by atoms with van der Waals surface area (Å²) in [6.45, 7) is 6.92. The Morgan fingerprint density at radius 1 is 0.650 bits per heavy atom. The van der Waals surface area contributed by atoms with Gasteiger partial charge in [0.05, 0.1) is 23.2 Å². The highest BCUT2D eigenvalue weighted by molar-refractivity contribution is 8.28. The van der Waals surface area contributed by atoms with Crippen LogP contribution in [0, 0.1) is 0 Å². The van der Waals surface area contributed by atoms with Crippen molar-refractivity contribution in [3.8, 4) is 5.75 Å². The van der Waals surface area contributed by atoms with Crippen LogP contribution in [0.1, 0.15) is 147 Å². The van der Waals surface area contributed by atoms with Crippen LogP contribution in [-0.4, -0.2) is 36.7 Å². The third kappa shape index (κ3) is 22.4. The summed E-state index contributed by atoms with van der Waals surface area (Å²) in [5, 5.41) is 19.0. The van der Waals surface area contributed by atoms with Crippen LogP contribution in [0.15, 0.2) is 24.3 Å². The highest BCUT2D eigenvalue weighted by Crippen LogP contribution is 2.51. The van der Waals surface area contributed by atoms with E-state index in [1.807, 2.05) is 0 Å². The number of para-hydroxylation sites is 1. The third-order valence-corrected chi connectivity index (χ3v) is 13.6. The van der Waals surface area contributed by atoms with Crippen LogP contribution in [0.25, 0.3) is 0 Å². The summed E-state index contributed by atoms with van der Waals surface area (Å²) in [5.74, 6) is 2.33. The lowest BCUT2D eigenvalue weighted by Gasteiger charge is -2.27. The molecule has 0 heterocycles. The number of hydrogen-bond donors (Lipinski definition) is 1. The van der Waals surface area contributed by atoms with E-state index in [-0.39, 0.29) is 11.3 Å². The van der Waals surface area contributed by atoms with Crippen LogP contribution < -0.4 is 5.11 Å². The van der Waals surface area contributed by atoms with E-state index in [1.165, 1.54) is 151 Å². The molecule has 0 aliphatic carbocycles. The molecule has 0 aliphatic heterocycles. The zero-order valence-corrected chi connectivity index (χ0v) is 29.3. The number of quaternary nitrogens is 1. The number of phenols is 1. The second kappa shape index (κ2) is 28.9. The van der Waals surface area contributed by atoms with Crippen molar-refractivity contribution in [1.29, 1.82) is 0 Å². The molecule has 0 bridgehead atoms. The lowest BCUT2D eigenvalue weighted by molar-refractivity contribution is -0.273. The maximum atomic E-state index is 10.2. The summed E-state index contributed by atoms with van der Waals surface area (Å²) >= 11 is 8.67. The SMILES string of the molecule is CCCCCCCCS[N+](SC)(SCCCCCCCC)SCCCCCCCC.O=C([O-])c1ccccc1O. The van der Waals surface area contributed by atoms with Gasteiger partial charge in [0.2, 0.25) is 0 Å².